The van der Waals surface area contributed by atoms with Gasteiger partial charge >= 0.3 is 0 Å². The van der Waals surface area contributed by atoms with Crippen LogP contribution in [0.25, 0.3) is 0 Å². The predicted octanol–water partition coefficient (Wildman–Crippen LogP) is 3.14. The quantitative estimate of drug-likeness (QED) is 0.922. The molecule has 98 valence electrons. The monoisotopic (exact) mass is 285 g/mol. The van der Waals surface area contributed by atoms with E-state index in [0.29, 0.717) is 16.5 Å². The van der Waals surface area contributed by atoms with Crippen molar-refractivity contribution in [1.82, 2.24) is 4.90 Å². The second-order valence-corrected chi connectivity index (χ2v) is 6.43. The molecule has 2 fully saturated rings. The van der Waals surface area contributed by atoms with E-state index >= 15 is 0 Å². The number of halogens is 2. The first kappa shape index (κ1) is 12.7. The van der Waals surface area contributed by atoms with Gasteiger partial charge in [0.2, 0.25) is 0 Å². The van der Waals surface area contributed by atoms with Crippen LogP contribution in [-0.4, -0.2) is 34.7 Å². The Labute approximate surface area is 117 Å². The van der Waals surface area contributed by atoms with Crippen LogP contribution in [0.4, 0.5) is 0 Å². The summed E-state index contributed by atoms with van der Waals surface area (Å²) in [5.74, 6) is 0. The fourth-order valence-electron chi connectivity index (χ4n) is 2.80. The molecule has 4 heteroatoms. The topological polar surface area (TPSA) is 23.5 Å². The Morgan fingerprint density at radius 2 is 2.11 bits per heavy atom. The third kappa shape index (κ3) is 2.67. The molecular weight excluding hydrogens is 269 g/mol. The Hall–Kier alpha value is -0.280. The molecule has 18 heavy (non-hydrogen) atoms. The summed E-state index contributed by atoms with van der Waals surface area (Å²) in [5, 5.41) is 11.9. The molecular formula is C14H17Cl2NO. The molecule has 1 aromatic rings. The Bertz CT molecular complexity index is 461. The maximum absolute atomic E-state index is 10.7. The first-order valence-corrected chi connectivity index (χ1v) is 7.22. The average Bonchev–Trinajstić information content (AvgIpc) is 3.08. The van der Waals surface area contributed by atoms with Gasteiger partial charge in [-0.05, 0) is 37.0 Å². The first-order valence-electron chi connectivity index (χ1n) is 6.46. The first-order chi connectivity index (χ1) is 8.56. The van der Waals surface area contributed by atoms with Crippen LogP contribution in [0, 0.1) is 0 Å². The van der Waals surface area contributed by atoms with E-state index in [1.807, 2.05) is 12.1 Å². The van der Waals surface area contributed by atoms with Crippen LogP contribution in [0.3, 0.4) is 0 Å². The van der Waals surface area contributed by atoms with Gasteiger partial charge in [0.15, 0.2) is 0 Å². The largest absolute Gasteiger partial charge is 0.388 e. The lowest BCUT2D eigenvalue weighted by atomic mass is 9.94. The van der Waals surface area contributed by atoms with Gasteiger partial charge in [-0.25, -0.2) is 0 Å². The van der Waals surface area contributed by atoms with Crippen molar-refractivity contribution in [3.63, 3.8) is 0 Å². The minimum absolute atomic E-state index is 0.617. The molecule has 0 bridgehead atoms. The third-order valence-corrected chi connectivity index (χ3v) is 4.55. The highest BCUT2D eigenvalue weighted by atomic mass is 35.5. The van der Waals surface area contributed by atoms with Crippen LogP contribution >= 0.6 is 23.2 Å². The normalized spacial score (nSPS) is 28.8. The summed E-state index contributed by atoms with van der Waals surface area (Å²) in [5.41, 5.74) is 0.362. The second-order valence-electron chi connectivity index (χ2n) is 5.59. The lowest BCUT2D eigenvalue weighted by Crippen LogP contribution is -2.36. The minimum Gasteiger partial charge on any atom is -0.388 e. The molecule has 1 unspecified atom stereocenters. The van der Waals surface area contributed by atoms with Crippen LogP contribution in [0.2, 0.25) is 10.0 Å². The molecule has 1 N–H and O–H groups in total. The smallest absolute Gasteiger partial charge is 0.0827 e. The molecule has 3 rings (SSSR count). The number of hydrogen-bond donors (Lipinski definition) is 1. The van der Waals surface area contributed by atoms with Crippen molar-refractivity contribution in [2.45, 2.75) is 37.3 Å². The van der Waals surface area contributed by atoms with E-state index in [2.05, 4.69) is 4.90 Å². The fraction of sp³-hybridized carbons (Fsp3) is 0.571. The second kappa shape index (κ2) is 4.68. The van der Waals surface area contributed by atoms with Crippen LogP contribution in [0.1, 0.15) is 24.8 Å². The SMILES string of the molecule is OC1(Cc2ccc(Cl)cc2Cl)CCN(C2CC2)C1. The van der Waals surface area contributed by atoms with Crippen molar-refractivity contribution in [2.24, 2.45) is 0 Å². The highest BCUT2D eigenvalue weighted by Gasteiger charge is 2.42. The van der Waals surface area contributed by atoms with Gasteiger partial charge in [-0.3, -0.25) is 4.90 Å². The van der Waals surface area contributed by atoms with Gasteiger partial charge in [0, 0.05) is 35.6 Å². The summed E-state index contributed by atoms with van der Waals surface area (Å²) in [6.45, 7) is 1.78. The van der Waals surface area contributed by atoms with E-state index in [1.165, 1.54) is 12.8 Å². The maximum Gasteiger partial charge on any atom is 0.0827 e. The summed E-state index contributed by atoms with van der Waals surface area (Å²) in [4.78, 5) is 2.41. The molecule has 2 aliphatic rings. The highest BCUT2D eigenvalue weighted by Crippen LogP contribution is 2.36. The van der Waals surface area contributed by atoms with Crippen molar-refractivity contribution in [2.75, 3.05) is 13.1 Å². The van der Waals surface area contributed by atoms with Crippen LogP contribution < -0.4 is 0 Å². The number of aliphatic hydroxyl groups is 1. The standard InChI is InChI=1S/C14H17Cl2NO/c15-11-2-1-10(13(16)7-11)8-14(18)5-6-17(9-14)12-3-4-12/h1-2,7,12,18H,3-6,8-9H2. The van der Waals surface area contributed by atoms with Gasteiger partial charge < -0.3 is 5.11 Å². The zero-order chi connectivity index (χ0) is 12.8. The molecule has 1 aliphatic carbocycles. The zero-order valence-electron chi connectivity index (χ0n) is 10.2. The average molecular weight is 286 g/mol. The van der Waals surface area contributed by atoms with Crippen molar-refractivity contribution >= 4 is 23.2 Å². The number of rotatable bonds is 3. The molecule has 2 nitrogen and oxygen atoms in total. The Morgan fingerprint density at radius 1 is 1.33 bits per heavy atom. The lowest BCUT2D eigenvalue weighted by Gasteiger charge is -2.24. The van der Waals surface area contributed by atoms with Gasteiger partial charge in [-0.2, -0.15) is 0 Å². The minimum atomic E-state index is -0.625. The van der Waals surface area contributed by atoms with E-state index < -0.39 is 5.60 Å². The number of β-amino-alcohol motifs (C(OH)–C–C–N with tert-alkyl or cyclic N) is 1. The molecule has 1 saturated carbocycles. The summed E-state index contributed by atoms with van der Waals surface area (Å²) in [6, 6.07) is 6.22. The Morgan fingerprint density at radius 3 is 2.78 bits per heavy atom. The molecule has 1 aromatic carbocycles. The van der Waals surface area contributed by atoms with E-state index in [0.717, 1.165) is 31.1 Å². The van der Waals surface area contributed by atoms with E-state index in [1.54, 1.807) is 6.07 Å². The lowest BCUT2D eigenvalue weighted by molar-refractivity contribution is 0.0487. The molecule has 0 amide bonds. The maximum atomic E-state index is 10.7. The van der Waals surface area contributed by atoms with E-state index in [9.17, 15) is 5.11 Å². The third-order valence-electron chi connectivity index (χ3n) is 3.96. The van der Waals surface area contributed by atoms with Crippen molar-refractivity contribution < 1.29 is 5.11 Å². The molecule has 0 radical (unpaired) electrons. The van der Waals surface area contributed by atoms with Crippen molar-refractivity contribution in [3.8, 4) is 0 Å². The molecule has 0 aromatic heterocycles. The molecule has 1 heterocycles. The number of likely N-dealkylation sites (tertiary alicyclic amines) is 1. The Balaban J connectivity index is 1.71. The van der Waals surface area contributed by atoms with Crippen molar-refractivity contribution in [3.05, 3.63) is 33.8 Å². The van der Waals surface area contributed by atoms with Gasteiger partial charge in [0.1, 0.15) is 0 Å². The van der Waals surface area contributed by atoms with Crippen molar-refractivity contribution in [1.29, 1.82) is 0 Å². The highest BCUT2D eigenvalue weighted by molar-refractivity contribution is 6.35. The van der Waals surface area contributed by atoms with Gasteiger partial charge in [-0.15, -0.1) is 0 Å². The summed E-state index contributed by atoms with van der Waals surface area (Å²) in [7, 11) is 0. The van der Waals surface area contributed by atoms with Gasteiger partial charge in [0.05, 0.1) is 5.60 Å². The zero-order valence-corrected chi connectivity index (χ0v) is 11.7. The summed E-state index contributed by atoms with van der Waals surface area (Å²) >= 11 is 12.1. The van der Waals surface area contributed by atoms with Crippen LogP contribution in [0.15, 0.2) is 18.2 Å². The molecule has 1 atom stereocenters. The Kier molecular flexibility index (Phi) is 3.31. The number of nitrogens with zero attached hydrogens (tertiary/aromatic N) is 1. The van der Waals surface area contributed by atoms with Crippen LogP contribution in [0.5, 0.6) is 0 Å². The van der Waals surface area contributed by atoms with E-state index in [4.69, 9.17) is 23.2 Å². The fourth-order valence-corrected chi connectivity index (χ4v) is 3.28. The van der Waals surface area contributed by atoms with Crippen LogP contribution in [-0.2, 0) is 6.42 Å². The molecule has 1 aliphatic heterocycles. The summed E-state index contributed by atoms with van der Waals surface area (Å²) in [6.07, 6.45) is 4.03. The number of benzene rings is 1. The van der Waals surface area contributed by atoms with E-state index in [-0.39, 0.29) is 0 Å². The number of hydrogen-bond acceptors (Lipinski definition) is 2. The molecule has 1 saturated heterocycles. The summed E-state index contributed by atoms with van der Waals surface area (Å²) < 4.78 is 0. The molecule has 0 spiro atoms. The van der Waals surface area contributed by atoms with Gasteiger partial charge in [-0.1, -0.05) is 29.3 Å². The van der Waals surface area contributed by atoms with Gasteiger partial charge in [0.25, 0.3) is 0 Å². The predicted molar refractivity (Wildman–Crippen MR) is 74.3 cm³/mol.